The van der Waals surface area contributed by atoms with E-state index in [2.05, 4.69) is 10.6 Å². The van der Waals surface area contributed by atoms with Crippen LogP contribution >= 0.6 is 0 Å². The summed E-state index contributed by atoms with van der Waals surface area (Å²) in [6.07, 6.45) is 11.3. The first kappa shape index (κ1) is 19.7. The highest BCUT2D eigenvalue weighted by Gasteiger charge is 2.18. The molecular weight excluding hydrogens is 318 g/mol. The zero-order chi connectivity index (χ0) is 17.9. The maximum Gasteiger partial charge on any atom is 0.239 e. The van der Waals surface area contributed by atoms with Crippen molar-refractivity contribution in [2.45, 2.75) is 70.6 Å². The van der Waals surface area contributed by atoms with Gasteiger partial charge in [0.05, 0.1) is 6.54 Å². The van der Waals surface area contributed by atoms with E-state index in [4.69, 9.17) is 0 Å². The first-order valence-electron chi connectivity index (χ1n) is 9.96. The zero-order valence-electron chi connectivity index (χ0n) is 15.4. The minimum Gasteiger partial charge on any atom is -0.354 e. The van der Waals surface area contributed by atoms with Gasteiger partial charge >= 0.3 is 0 Å². The van der Waals surface area contributed by atoms with E-state index in [1.807, 2.05) is 4.90 Å². The summed E-state index contributed by atoms with van der Waals surface area (Å²) in [6, 6.07) is 0. The van der Waals surface area contributed by atoms with E-state index in [1.54, 1.807) is 0 Å². The highest BCUT2D eigenvalue weighted by Crippen LogP contribution is 2.25. The van der Waals surface area contributed by atoms with E-state index in [-0.39, 0.29) is 24.3 Å². The largest absolute Gasteiger partial charge is 0.354 e. The van der Waals surface area contributed by atoms with Gasteiger partial charge in [-0.15, -0.1) is 0 Å². The number of carbonyl (C=O) groups is 3. The molecule has 0 spiro atoms. The van der Waals surface area contributed by atoms with Crippen molar-refractivity contribution in [1.29, 1.82) is 0 Å². The maximum absolute atomic E-state index is 12.1. The predicted octanol–water partition coefficient (Wildman–Crippen LogP) is 1.98. The summed E-state index contributed by atoms with van der Waals surface area (Å²) in [6.45, 7) is 2.02. The molecule has 25 heavy (non-hydrogen) atoms. The summed E-state index contributed by atoms with van der Waals surface area (Å²) in [5, 5.41) is 5.42. The van der Waals surface area contributed by atoms with Gasteiger partial charge < -0.3 is 15.5 Å². The van der Waals surface area contributed by atoms with Crippen molar-refractivity contribution in [2.24, 2.45) is 5.92 Å². The Morgan fingerprint density at radius 3 is 2.12 bits per heavy atom. The summed E-state index contributed by atoms with van der Waals surface area (Å²) in [5.74, 6) is 0.329. The lowest BCUT2D eigenvalue weighted by Crippen LogP contribution is -2.39. The smallest absolute Gasteiger partial charge is 0.239 e. The van der Waals surface area contributed by atoms with E-state index in [0.717, 1.165) is 38.8 Å². The molecule has 0 aromatic carbocycles. The van der Waals surface area contributed by atoms with Gasteiger partial charge in [-0.2, -0.15) is 0 Å². The fourth-order valence-electron chi connectivity index (χ4n) is 3.75. The van der Waals surface area contributed by atoms with Crippen molar-refractivity contribution in [2.75, 3.05) is 26.2 Å². The lowest BCUT2D eigenvalue weighted by atomic mass is 9.87. The second-order valence-electron chi connectivity index (χ2n) is 7.38. The SMILES string of the molecule is O=C(CNC(=O)CC1CCCCC1)NCCC(=O)N1CCCCCC1. The van der Waals surface area contributed by atoms with E-state index in [0.29, 0.717) is 25.3 Å². The first-order chi connectivity index (χ1) is 12.1. The van der Waals surface area contributed by atoms with Gasteiger partial charge in [-0.25, -0.2) is 0 Å². The van der Waals surface area contributed by atoms with Gasteiger partial charge in [0.2, 0.25) is 17.7 Å². The monoisotopic (exact) mass is 351 g/mol. The van der Waals surface area contributed by atoms with Crippen LogP contribution in [0.2, 0.25) is 0 Å². The van der Waals surface area contributed by atoms with E-state index in [1.165, 1.54) is 32.1 Å². The molecule has 2 N–H and O–H groups in total. The number of hydrogen-bond acceptors (Lipinski definition) is 3. The number of carbonyl (C=O) groups excluding carboxylic acids is 3. The van der Waals surface area contributed by atoms with E-state index in [9.17, 15) is 14.4 Å². The van der Waals surface area contributed by atoms with Crippen LogP contribution in [0.5, 0.6) is 0 Å². The van der Waals surface area contributed by atoms with Crippen LogP contribution in [0.1, 0.15) is 70.6 Å². The average molecular weight is 351 g/mol. The molecule has 2 aliphatic rings. The maximum atomic E-state index is 12.1. The molecule has 0 radical (unpaired) electrons. The lowest BCUT2D eigenvalue weighted by Gasteiger charge is -2.21. The molecule has 2 rings (SSSR count). The van der Waals surface area contributed by atoms with Gasteiger partial charge in [-0.05, 0) is 31.6 Å². The molecule has 0 atom stereocenters. The summed E-state index contributed by atoms with van der Waals surface area (Å²) in [4.78, 5) is 37.7. The molecule has 3 amide bonds. The molecule has 1 aliphatic carbocycles. The van der Waals surface area contributed by atoms with Crippen molar-refractivity contribution in [3.63, 3.8) is 0 Å². The van der Waals surface area contributed by atoms with Crippen LogP contribution in [0.4, 0.5) is 0 Å². The number of likely N-dealkylation sites (tertiary alicyclic amines) is 1. The highest BCUT2D eigenvalue weighted by atomic mass is 16.2. The Morgan fingerprint density at radius 2 is 1.44 bits per heavy atom. The van der Waals surface area contributed by atoms with Crippen LogP contribution in [-0.2, 0) is 14.4 Å². The molecule has 1 saturated carbocycles. The Balaban J connectivity index is 1.54. The van der Waals surface area contributed by atoms with Crippen LogP contribution < -0.4 is 10.6 Å². The third-order valence-electron chi connectivity index (χ3n) is 5.26. The molecule has 0 unspecified atom stereocenters. The van der Waals surface area contributed by atoms with E-state index >= 15 is 0 Å². The Kier molecular flexibility index (Phi) is 8.77. The normalized spacial score (nSPS) is 19.1. The molecule has 0 aromatic heterocycles. The van der Waals surface area contributed by atoms with Gasteiger partial charge in [0.15, 0.2) is 0 Å². The second-order valence-corrected chi connectivity index (χ2v) is 7.38. The Morgan fingerprint density at radius 1 is 0.800 bits per heavy atom. The molecule has 1 aliphatic heterocycles. The van der Waals surface area contributed by atoms with E-state index < -0.39 is 0 Å². The predicted molar refractivity (Wildman–Crippen MR) is 96.9 cm³/mol. The molecule has 0 aromatic rings. The lowest BCUT2D eigenvalue weighted by molar-refractivity contribution is -0.131. The van der Waals surface area contributed by atoms with Gasteiger partial charge in [0.25, 0.3) is 0 Å². The average Bonchev–Trinajstić information content (AvgIpc) is 2.90. The van der Waals surface area contributed by atoms with Crippen LogP contribution in [0.25, 0.3) is 0 Å². The van der Waals surface area contributed by atoms with Crippen molar-refractivity contribution >= 4 is 17.7 Å². The van der Waals surface area contributed by atoms with Gasteiger partial charge in [-0.1, -0.05) is 32.1 Å². The highest BCUT2D eigenvalue weighted by molar-refractivity contribution is 5.85. The Bertz CT molecular complexity index is 439. The topological polar surface area (TPSA) is 78.5 Å². The van der Waals surface area contributed by atoms with Crippen LogP contribution in [0.3, 0.4) is 0 Å². The molecule has 1 saturated heterocycles. The Labute approximate surface area is 151 Å². The van der Waals surface area contributed by atoms with Gasteiger partial charge in [-0.3, -0.25) is 14.4 Å². The van der Waals surface area contributed by atoms with Gasteiger partial charge in [0, 0.05) is 32.5 Å². The molecule has 0 bridgehead atoms. The first-order valence-corrected chi connectivity index (χ1v) is 9.96. The van der Waals surface area contributed by atoms with Crippen molar-refractivity contribution in [3.05, 3.63) is 0 Å². The Hall–Kier alpha value is -1.59. The minimum absolute atomic E-state index is 0.00343. The van der Waals surface area contributed by atoms with Gasteiger partial charge in [0.1, 0.15) is 0 Å². The quantitative estimate of drug-likeness (QED) is 0.736. The molecule has 1 heterocycles. The summed E-state index contributed by atoms with van der Waals surface area (Å²) < 4.78 is 0. The van der Waals surface area contributed by atoms with Crippen molar-refractivity contribution in [1.82, 2.24) is 15.5 Å². The fourth-order valence-corrected chi connectivity index (χ4v) is 3.75. The fraction of sp³-hybridized carbons (Fsp3) is 0.842. The van der Waals surface area contributed by atoms with Crippen molar-refractivity contribution in [3.8, 4) is 0 Å². The van der Waals surface area contributed by atoms with Crippen LogP contribution in [0.15, 0.2) is 0 Å². The number of nitrogens with zero attached hydrogens (tertiary/aromatic N) is 1. The number of amides is 3. The molecular formula is C19H33N3O3. The number of rotatable bonds is 7. The second kappa shape index (κ2) is 11.1. The molecule has 6 heteroatoms. The minimum atomic E-state index is -0.222. The molecule has 142 valence electrons. The summed E-state index contributed by atoms with van der Waals surface area (Å²) in [7, 11) is 0. The zero-order valence-corrected chi connectivity index (χ0v) is 15.4. The number of nitrogens with one attached hydrogen (secondary N) is 2. The van der Waals surface area contributed by atoms with Crippen LogP contribution in [-0.4, -0.2) is 48.8 Å². The van der Waals surface area contributed by atoms with Crippen molar-refractivity contribution < 1.29 is 14.4 Å². The molecule has 6 nitrogen and oxygen atoms in total. The van der Waals surface area contributed by atoms with Crippen LogP contribution in [0, 0.1) is 5.92 Å². The number of hydrogen-bond donors (Lipinski definition) is 2. The summed E-state index contributed by atoms with van der Waals surface area (Å²) >= 11 is 0. The third kappa shape index (κ3) is 7.88. The third-order valence-corrected chi connectivity index (χ3v) is 5.26. The standard InChI is InChI=1S/C19H33N3O3/c23-17(14-16-8-4-3-5-9-16)21-15-18(24)20-11-10-19(25)22-12-6-1-2-7-13-22/h16H,1-15H2,(H,20,24)(H,21,23). The summed E-state index contributed by atoms with van der Waals surface area (Å²) in [5.41, 5.74) is 0. The molecule has 2 fully saturated rings.